The van der Waals surface area contributed by atoms with Crippen molar-refractivity contribution >= 4 is 38.9 Å². The SMILES string of the molecule is O=S(=O)(CCl)Nc1ccc(Cl)cc1C(F)(F)F. The molecule has 1 aromatic carbocycles. The molecule has 0 spiro atoms. The summed E-state index contributed by atoms with van der Waals surface area (Å²) in [6, 6.07) is 2.70. The topological polar surface area (TPSA) is 46.2 Å². The molecule has 0 saturated carbocycles. The highest BCUT2D eigenvalue weighted by molar-refractivity contribution is 7.93. The molecule has 96 valence electrons. The molecule has 0 heterocycles. The molecule has 0 radical (unpaired) electrons. The van der Waals surface area contributed by atoms with E-state index in [1.807, 2.05) is 0 Å². The lowest BCUT2D eigenvalue weighted by Gasteiger charge is -2.14. The molecule has 1 rings (SSSR count). The molecule has 9 heteroatoms. The number of benzene rings is 1. The van der Waals surface area contributed by atoms with Crippen molar-refractivity contribution in [2.45, 2.75) is 6.18 Å². The van der Waals surface area contributed by atoms with Crippen LogP contribution in [0.3, 0.4) is 0 Å². The smallest absolute Gasteiger partial charge is 0.282 e. The summed E-state index contributed by atoms with van der Waals surface area (Å²) in [5, 5.41) is -0.987. The number of anilines is 1. The van der Waals surface area contributed by atoms with Gasteiger partial charge in [-0.1, -0.05) is 11.6 Å². The van der Waals surface area contributed by atoms with E-state index in [4.69, 9.17) is 23.2 Å². The third-order valence-electron chi connectivity index (χ3n) is 1.70. The minimum absolute atomic E-state index is 0.147. The van der Waals surface area contributed by atoms with E-state index in [0.717, 1.165) is 12.1 Å². The zero-order valence-corrected chi connectivity index (χ0v) is 10.4. The summed E-state index contributed by atoms with van der Waals surface area (Å²) >= 11 is 10.5. The van der Waals surface area contributed by atoms with Gasteiger partial charge in [0.15, 0.2) is 0 Å². The van der Waals surface area contributed by atoms with Crippen LogP contribution in [-0.2, 0) is 16.2 Å². The summed E-state index contributed by atoms with van der Waals surface area (Å²) in [6.07, 6.45) is -4.71. The maximum atomic E-state index is 12.6. The Bertz CT molecular complexity index is 516. The lowest BCUT2D eigenvalue weighted by atomic mass is 10.2. The summed E-state index contributed by atoms with van der Waals surface area (Å²) in [5.74, 6) is 0. The lowest BCUT2D eigenvalue weighted by Crippen LogP contribution is -2.17. The van der Waals surface area contributed by atoms with Gasteiger partial charge in [-0.2, -0.15) is 13.2 Å². The van der Waals surface area contributed by atoms with Gasteiger partial charge in [0.1, 0.15) is 5.21 Å². The van der Waals surface area contributed by atoms with Crippen LogP contribution in [0.25, 0.3) is 0 Å². The molecule has 0 aliphatic heterocycles. The van der Waals surface area contributed by atoms with Gasteiger partial charge in [-0.3, -0.25) is 4.72 Å². The number of rotatable bonds is 3. The molecule has 1 aromatic rings. The average molecular weight is 308 g/mol. The van der Waals surface area contributed by atoms with Crippen molar-refractivity contribution in [2.75, 3.05) is 9.93 Å². The molecule has 0 amide bonds. The zero-order valence-electron chi connectivity index (χ0n) is 8.05. The zero-order chi connectivity index (χ0) is 13.3. The first-order valence-electron chi connectivity index (χ1n) is 4.09. The van der Waals surface area contributed by atoms with Gasteiger partial charge < -0.3 is 0 Å². The predicted octanol–water partition coefficient (Wildman–Crippen LogP) is 3.30. The Kier molecular flexibility index (Phi) is 4.16. The maximum Gasteiger partial charge on any atom is 0.418 e. The van der Waals surface area contributed by atoms with E-state index in [1.165, 1.54) is 0 Å². The molecule has 0 saturated heterocycles. The molecule has 0 aliphatic rings. The van der Waals surface area contributed by atoms with Crippen molar-refractivity contribution in [3.63, 3.8) is 0 Å². The Morgan fingerprint density at radius 2 is 1.88 bits per heavy atom. The second-order valence-corrected chi connectivity index (χ2v) is 5.76. The summed E-state index contributed by atoms with van der Waals surface area (Å²) in [5.41, 5.74) is -1.78. The van der Waals surface area contributed by atoms with Gasteiger partial charge in [0.2, 0.25) is 10.0 Å². The van der Waals surface area contributed by atoms with E-state index in [0.29, 0.717) is 6.07 Å². The van der Waals surface area contributed by atoms with Crippen molar-refractivity contribution < 1.29 is 21.6 Å². The highest BCUT2D eigenvalue weighted by atomic mass is 35.5. The molecule has 0 aliphatic carbocycles. The van der Waals surface area contributed by atoms with Crippen LogP contribution in [0.1, 0.15) is 5.56 Å². The lowest BCUT2D eigenvalue weighted by molar-refractivity contribution is -0.136. The third kappa shape index (κ3) is 3.93. The van der Waals surface area contributed by atoms with E-state index >= 15 is 0 Å². The Hall–Kier alpha value is -0.660. The highest BCUT2D eigenvalue weighted by Gasteiger charge is 2.34. The van der Waals surface area contributed by atoms with Gasteiger partial charge in [0, 0.05) is 5.02 Å². The fraction of sp³-hybridized carbons (Fsp3) is 0.250. The molecule has 0 aromatic heterocycles. The Balaban J connectivity index is 3.26. The van der Waals surface area contributed by atoms with E-state index in [-0.39, 0.29) is 5.02 Å². The summed E-state index contributed by atoms with van der Waals surface area (Å²) < 4.78 is 61.7. The van der Waals surface area contributed by atoms with E-state index < -0.39 is 32.7 Å². The van der Waals surface area contributed by atoms with E-state index in [1.54, 1.807) is 4.72 Å². The first-order chi connectivity index (χ1) is 7.65. The van der Waals surface area contributed by atoms with Gasteiger partial charge in [-0.15, -0.1) is 11.6 Å². The van der Waals surface area contributed by atoms with Crippen LogP contribution in [-0.4, -0.2) is 13.6 Å². The second-order valence-electron chi connectivity index (χ2n) is 3.01. The third-order valence-corrected chi connectivity index (χ3v) is 3.61. The molecule has 0 bridgehead atoms. The molecule has 1 N–H and O–H groups in total. The molecular weight excluding hydrogens is 302 g/mol. The Morgan fingerprint density at radius 1 is 1.29 bits per heavy atom. The molecule has 0 fully saturated rings. The molecular formula is C8H6Cl2F3NO2S. The van der Waals surface area contributed by atoms with Crippen LogP contribution in [0.15, 0.2) is 18.2 Å². The number of alkyl halides is 4. The summed E-state index contributed by atoms with van der Waals surface area (Å²) in [6.45, 7) is 0. The minimum atomic E-state index is -4.71. The monoisotopic (exact) mass is 307 g/mol. The summed E-state index contributed by atoms with van der Waals surface area (Å²) in [7, 11) is -4.00. The van der Waals surface area contributed by atoms with Gasteiger partial charge in [0.05, 0.1) is 11.3 Å². The average Bonchev–Trinajstić information content (AvgIpc) is 2.19. The predicted molar refractivity (Wildman–Crippen MR) is 59.7 cm³/mol. The number of halogens is 5. The van der Waals surface area contributed by atoms with E-state index in [9.17, 15) is 21.6 Å². The van der Waals surface area contributed by atoms with Crippen molar-refractivity contribution in [2.24, 2.45) is 0 Å². The Labute approximate surface area is 106 Å². The standard InChI is InChI=1S/C8H6Cl2F3NO2S/c9-4-17(15,16)14-7-2-1-5(10)3-6(7)8(11,12)13/h1-3,14H,4H2. The van der Waals surface area contributed by atoms with Crippen LogP contribution >= 0.6 is 23.2 Å². The van der Waals surface area contributed by atoms with Crippen molar-refractivity contribution in [1.82, 2.24) is 0 Å². The van der Waals surface area contributed by atoms with Crippen LogP contribution < -0.4 is 4.72 Å². The van der Waals surface area contributed by atoms with Gasteiger partial charge in [0.25, 0.3) is 0 Å². The van der Waals surface area contributed by atoms with Crippen LogP contribution in [0.5, 0.6) is 0 Å². The fourth-order valence-corrected chi connectivity index (χ4v) is 1.94. The first kappa shape index (κ1) is 14.4. The normalized spacial score (nSPS) is 12.5. The van der Waals surface area contributed by atoms with Crippen LogP contribution in [0, 0.1) is 0 Å². The number of nitrogens with one attached hydrogen (secondary N) is 1. The largest absolute Gasteiger partial charge is 0.418 e. The van der Waals surface area contributed by atoms with Crippen molar-refractivity contribution in [3.05, 3.63) is 28.8 Å². The van der Waals surface area contributed by atoms with Crippen LogP contribution in [0.2, 0.25) is 5.02 Å². The molecule has 0 atom stereocenters. The van der Waals surface area contributed by atoms with Gasteiger partial charge in [-0.25, -0.2) is 8.42 Å². The van der Waals surface area contributed by atoms with Crippen LogP contribution in [0.4, 0.5) is 18.9 Å². The molecule has 3 nitrogen and oxygen atoms in total. The Morgan fingerprint density at radius 3 is 2.35 bits per heavy atom. The van der Waals surface area contributed by atoms with Crippen molar-refractivity contribution in [3.8, 4) is 0 Å². The van der Waals surface area contributed by atoms with Crippen molar-refractivity contribution in [1.29, 1.82) is 0 Å². The number of hydrogen-bond acceptors (Lipinski definition) is 2. The van der Waals surface area contributed by atoms with E-state index in [2.05, 4.69) is 0 Å². The maximum absolute atomic E-state index is 12.6. The first-order valence-corrected chi connectivity index (χ1v) is 6.65. The summed E-state index contributed by atoms with van der Waals surface area (Å²) in [4.78, 5) is 0. The fourth-order valence-electron chi connectivity index (χ4n) is 1.03. The highest BCUT2D eigenvalue weighted by Crippen LogP contribution is 2.36. The molecule has 0 unspecified atom stereocenters. The number of hydrogen-bond donors (Lipinski definition) is 1. The number of sulfonamides is 1. The second kappa shape index (κ2) is 4.91. The quantitative estimate of drug-likeness (QED) is 0.871. The van der Waals surface area contributed by atoms with Gasteiger partial charge in [-0.05, 0) is 18.2 Å². The van der Waals surface area contributed by atoms with Gasteiger partial charge >= 0.3 is 6.18 Å². The molecule has 17 heavy (non-hydrogen) atoms. The minimum Gasteiger partial charge on any atom is -0.282 e.